The number of nitrogens with one attached hydrogen (secondary N) is 3. The second-order valence-electron chi connectivity index (χ2n) is 7.63. The minimum Gasteiger partial charge on any atom is -0.481 e. The van der Waals surface area contributed by atoms with Crippen molar-refractivity contribution in [1.29, 1.82) is 0 Å². The summed E-state index contributed by atoms with van der Waals surface area (Å²) >= 11 is 0. The lowest BCUT2D eigenvalue weighted by Gasteiger charge is -2.25. The summed E-state index contributed by atoms with van der Waals surface area (Å²) in [6.45, 7) is 3.43. The van der Waals surface area contributed by atoms with E-state index in [1.807, 2.05) is 10.6 Å². The molecule has 0 fully saturated rings. The molecular weight excluding hydrogens is 458 g/mol. The van der Waals surface area contributed by atoms with Crippen LogP contribution in [0.25, 0.3) is 0 Å². The zero-order chi connectivity index (χ0) is 26.6. The molecule has 4 amide bonds. The molecule has 0 aromatic carbocycles. The van der Waals surface area contributed by atoms with Crippen molar-refractivity contribution in [3.8, 4) is 0 Å². The van der Waals surface area contributed by atoms with Gasteiger partial charge in [-0.3, -0.25) is 28.8 Å². The molecule has 0 spiro atoms. The Balaban J connectivity index is 5.58. The van der Waals surface area contributed by atoms with Crippen molar-refractivity contribution in [2.75, 3.05) is 0 Å². The van der Waals surface area contributed by atoms with Crippen LogP contribution in [-0.4, -0.2) is 81.0 Å². The van der Waals surface area contributed by atoms with Crippen LogP contribution in [0.2, 0.25) is 0 Å². The topological polar surface area (TPSA) is 268 Å². The quantitative estimate of drug-likeness (QED) is 0.109. The van der Waals surface area contributed by atoms with Crippen molar-refractivity contribution in [1.82, 2.24) is 16.0 Å². The first-order valence-corrected chi connectivity index (χ1v) is 10.3. The van der Waals surface area contributed by atoms with Crippen LogP contribution in [0.3, 0.4) is 0 Å². The molecule has 5 unspecified atom stereocenters. The van der Waals surface area contributed by atoms with Gasteiger partial charge in [0.1, 0.15) is 18.1 Å². The Morgan fingerprint density at radius 2 is 1.18 bits per heavy atom. The van der Waals surface area contributed by atoms with Gasteiger partial charge in [0.2, 0.25) is 23.6 Å². The lowest BCUT2D eigenvalue weighted by atomic mass is 9.99. The number of nitrogens with two attached hydrogens (primary N) is 2. The van der Waals surface area contributed by atoms with E-state index in [9.17, 15) is 38.7 Å². The maximum absolute atomic E-state index is 12.6. The molecule has 0 aliphatic heterocycles. The van der Waals surface area contributed by atoms with Gasteiger partial charge in [-0.1, -0.05) is 20.3 Å². The van der Waals surface area contributed by atoms with Gasteiger partial charge in [-0.25, -0.2) is 4.79 Å². The van der Waals surface area contributed by atoms with Crippen molar-refractivity contribution in [3.63, 3.8) is 0 Å². The van der Waals surface area contributed by atoms with Gasteiger partial charge in [0.15, 0.2) is 0 Å². The van der Waals surface area contributed by atoms with Gasteiger partial charge in [0.25, 0.3) is 0 Å². The Hall–Kier alpha value is -3.75. The van der Waals surface area contributed by atoms with E-state index in [0.717, 1.165) is 0 Å². The molecule has 34 heavy (non-hydrogen) atoms. The highest BCUT2D eigenvalue weighted by Crippen LogP contribution is 2.07. The maximum Gasteiger partial charge on any atom is 0.326 e. The summed E-state index contributed by atoms with van der Waals surface area (Å²) in [7, 11) is 0. The molecule has 0 heterocycles. The second-order valence-corrected chi connectivity index (χ2v) is 7.63. The zero-order valence-electron chi connectivity index (χ0n) is 18.8. The molecule has 15 heteroatoms. The van der Waals surface area contributed by atoms with Gasteiger partial charge in [0.05, 0.1) is 18.9 Å². The summed E-state index contributed by atoms with van der Waals surface area (Å²) in [4.78, 5) is 81.9. The standard InChI is InChI=1S/C19H31N5O10/c1-3-8(2)15(21)18(32)24-11(7-14(28)29)17(31)23-10(6-13(26)27)16(30)22-9(19(33)34)4-5-12(20)25/h8-11,15H,3-7,21H2,1-2H3,(H2,20,25)(H,22,30)(H,23,31)(H,24,32)(H,26,27)(H,28,29)(H,33,34). The van der Waals surface area contributed by atoms with Crippen LogP contribution in [0.4, 0.5) is 0 Å². The molecule has 15 nitrogen and oxygen atoms in total. The number of carboxylic acid groups (broad SMARTS) is 3. The Morgan fingerprint density at radius 1 is 0.765 bits per heavy atom. The minimum absolute atomic E-state index is 0.299. The molecule has 10 N–H and O–H groups in total. The molecular formula is C19H31N5O10. The smallest absolute Gasteiger partial charge is 0.326 e. The van der Waals surface area contributed by atoms with Gasteiger partial charge < -0.3 is 42.7 Å². The van der Waals surface area contributed by atoms with E-state index in [0.29, 0.717) is 6.42 Å². The van der Waals surface area contributed by atoms with Crippen LogP contribution < -0.4 is 27.4 Å². The minimum atomic E-state index is -1.82. The Morgan fingerprint density at radius 3 is 1.53 bits per heavy atom. The van der Waals surface area contributed by atoms with Gasteiger partial charge in [-0.15, -0.1) is 0 Å². The van der Waals surface area contributed by atoms with Crippen LogP contribution in [0.1, 0.15) is 46.0 Å². The van der Waals surface area contributed by atoms with E-state index in [1.54, 1.807) is 13.8 Å². The van der Waals surface area contributed by atoms with Crippen molar-refractivity contribution in [2.45, 2.75) is 70.1 Å². The number of hydrogen-bond acceptors (Lipinski definition) is 8. The zero-order valence-corrected chi connectivity index (χ0v) is 18.8. The summed E-state index contributed by atoms with van der Waals surface area (Å²) in [5.41, 5.74) is 10.7. The summed E-state index contributed by atoms with van der Waals surface area (Å²) in [6.07, 6.45) is -2.15. The van der Waals surface area contributed by atoms with Crippen LogP contribution >= 0.6 is 0 Å². The Labute approximate surface area is 194 Å². The lowest BCUT2D eigenvalue weighted by Crippen LogP contribution is -2.58. The van der Waals surface area contributed by atoms with E-state index in [1.165, 1.54) is 0 Å². The third-order valence-electron chi connectivity index (χ3n) is 4.88. The van der Waals surface area contributed by atoms with Gasteiger partial charge in [0, 0.05) is 6.42 Å². The normalized spacial score (nSPS) is 15.0. The molecule has 0 saturated carbocycles. The van der Waals surface area contributed by atoms with Crippen LogP contribution in [0.15, 0.2) is 0 Å². The van der Waals surface area contributed by atoms with Crippen molar-refractivity contribution in [2.24, 2.45) is 17.4 Å². The third-order valence-corrected chi connectivity index (χ3v) is 4.88. The number of carbonyl (C=O) groups is 7. The average molecular weight is 489 g/mol. The SMILES string of the molecule is CCC(C)C(N)C(=O)NC(CC(=O)O)C(=O)NC(CC(=O)O)C(=O)NC(CCC(N)=O)C(=O)O. The molecule has 0 radical (unpaired) electrons. The molecule has 0 rings (SSSR count). The van der Waals surface area contributed by atoms with E-state index in [2.05, 4.69) is 5.32 Å². The first kappa shape index (κ1) is 30.2. The first-order valence-electron chi connectivity index (χ1n) is 10.3. The highest BCUT2D eigenvalue weighted by molar-refractivity contribution is 5.97. The van der Waals surface area contributed by atoms with Crippen LogP contribution in [-0.2, 0) is 33.6 Å². The lowest BCUT2D eigenvalue weighted by molar-refractivity contribution is -0.145. The van der Waals surface area contributed by atoms with Crippen LogP contribution in [0.5, 0.6) is 0 Å². The Bertz CT molecular complexity index is 802. The van der Waals surface area contributed by atoms with Crippen molar-refractivity contribution in [3.05, 3.63) is 0 Å². The third kappa shape index (κ3) is 11.2. The molecule has 0 aromatic rings. The number of rotatable bonds is 16. The van der Waals surface area contributed by atoms with E-state index >= 15 is 0 Å². The molecule has 0 aromatic heterocycles. The first-order chi connectivity index (χ1) is 15.7. The number of hydrogen-bond donors (Lipinski definition) is 8. The summed E-state index contributed by atoms with van der Waals surface area (Å²) in [5, 5.41) is 33.5. The van der Waals surface area contributed by atoms with E-state index < -0.39 is 91.4 Å². The highest BCUT2D eigenvalue weighted by atomic mass is 16.4. The summed E-state index contributed by atoms with van der Waals surface area (Å²) < 4.78 is 0. The predicted octanol–water partition coefficient (Wildman–Crippen LogP) is -2.89. The molecule has 0 bridgehead atoms. The number of carboxylic acids is 3. The average Bonchev–Trinajstić information content (AvgIpc) is 2.73. The molecule has 0 aliphatic rings. The number of amides is 4. The van der Waals surface area contributed by atoms with Crippen molar-refractivity contribution >= 4 is 41.5 Å². The second kappa shape index (κ2) is 14.4. The fourth-order valence-corrected chi connectivity index (χ4v) is 2.64. The maximum atomic E-state index is 12.6. The Kier molecular flexibility index (Phi) is 12.8. The van der Waals surface area contributed by atoms with E-state index in [4.69, 9.17) is 21.7 Å². The fraction of sp³-hybridized carbons (Fsp3) is 0.632. The molecule has 0 aliphatic carbocycles. The van der Waals surface area contributed by atoms with Crippen molar-refractivity contribution < 1.29 is 48.9 Å². The van der Waals surface area contributed by atoms with E-state index in [-0.39, 0.29) is 5.92 Å². The molecule has 5 atom stereocenters. The number of carbonyl (C=O) groups excluding carboxylic acids is 4. The summed E-state index contributed by atoms with van der Waals surface area (Å²) in [5.74, 6) is -8.93. The fourth-order valence-electron chi connectivity index (χ4n) is 2.64. The van der Waals surface area contributed by atoms with Gasteiger partial charge >= 0.3 is 17.9 Å². The number of primary amides is 1. The largest absolute Gasteiger partial charge is 0.481 e. The monoisotopic (exact) mass is 489 g/mol. The number of aliphatic carboxylic acids is 3. The molecule has 192 valence electrons. The van der Waals surface area contributed by atoms with Crippen LogP contribution in [0, 0.1) is 5.92 Å². The van der Waals surface area contributed by atoms with Gasteiger partial charge in [-0.05, 0) is 12.3 Å². The molecule has 0 saturated heterocycles. The predicted molar refractivity (Wildman–Crippen MR) is 114 cm³/mol. The highest BCUT2D eigenvalue weighted by Gasteiger charge is 2.33. The van der Waals surface area contributed by atoms with Gasteiger partial charge in [-0.2, -0.15) is 0 Å². The summed E-state index contributed by atoms with van der Waals surface area (Å²) in [6, 6.07) is -6.20.